The number of piperidine rings is 1. The summed E-state index contributed by atoms with van der Waals surface area (Å²) in [5, 5.41) is 5.88. The van der Waals surface area contributed by atoms with Crippen LogP contribution in [0.15, 0.2) is 47.1 Å². The predicted octanol–water partition coefficient (Wildman–Crippen LogP) is 3.31. The van der Waals surface area contributed by atoms with Crippen LogP contribution in [0.25, 0.3) is 0 Å². The molecule has 1 fully saturated rings. The second-order valence-electron chi connectivity index (χ2n) is 6.50. The second kappa shape index (κ2) is 9.29. The minimum Gasteiger partial charge on any atom is -0.496 e. The third-order valence-electron chi connectivity index (χ3n) is 4.79. The van der Waals surface area contributed by atoms with Crippen LogP contribution in [0.2, 0.25) is 0 Å². The van der Waals surface area contributed by atoms with Crippen molar-refractivity contribution in [2.75, 3.05) is 26.7 Å². The zero-order valence-electron chi connectivity index (χ0n) is 15.2. The normalized spacial score (nSPS) is 16.0. The van der Waals surface area contributed by atoms with E-state index in [0.717, 1.165) is 30.2 Å². The first kappa shape index (κ1) is 18.3. The highest BCUT2D eigenvalue weighted by atomic mass is 16.5. The van der Waals surface area contributed by atoms with Crippen molar-refractivity contribution in [3.63, 3.8) is 0 Å². The van der Waals surface area contributed by atoms with Crippen molar-refractivity contribution >= 4 is 6.03 Å². The molecule has 0 spiro atoms. The molecular weight excluding hydrogens is 330 g/mol. The molecule has 0 bridgehead atoms. The van der Waals surface area contributed by atoms with Gasteiger partial charge in [-0.1, -0.05) is 24.6 Å². The lowest BCUT2D eigenvalue weighted by atomic mass is 10.1. The Hall–Kier alpha value is -2.47. The Balaban J connectivity index is 1.54. The van der Waals surface area contributed by atoms with Crippen LogP contribution in [0, 0.1) is 0 Å². The number of hydrogen-bond acceptors (Lipinski definition) is 4. The number of ether oxygens (including phenoxy) is 1. The van der Waals surface area contributed by atoms with Crippen LogP contribution in [0.4, 0.5) is 4.79 Å². The molecule has 0 radical (unpaired) electrons. The van der Waals surface area contributed by atoms with Crippen molar-refractivity contribution in [1.29, 1.82) is 0 Å². The standard InChI is InChI=1S/C20H27N3O3/c1-25-18-9-4-3-8-16(18)14-21-20(24)22-15-17(19-10-7-13-26-19)23-11-5-2-6-12-23/h3-4,7-10,13,17H,2,5-6,11-12,14-15H2,1H3,(H2,21,22,24). The van der Waals surface area contributed by atoms with Gasteiger partial charge in [-0.05, 0) is 44.1 Å². The Morgan fingerprint density at radius 2 is 1.96 bits per heavy atom. The van der Waals surface area contributed by atoms with Crippen LogP contribution < -0.4 is 15.4 Å². The molecule has 1 aromatic carbocycles. The topological polar surface area (TPSA) is 66.7 Å². The lowest BCUT2D eigenvalue weighted by Gasteiger charge is -2.33. The van der Waals surface area contributed by atoms with Crippen LogP contribution in [-0.4, -0.2) is 37.7 Å². The van der Waals surface area contributed by atoms with Crippen LogP contribution >= 0.6 is 0 Å². The second-order valence-corrected chi connectivity index (χ2v) is 6.50. The Kier molecular flexibility index (Phi) is 6.55. The number of nitrogens with one attached hydrogen (secondary N) is 2. The van der Waals surface area contributed by atoms with Gasteiger partial charge in [-0.15, -0.1) is 0 Å². The SMILES string of the molecule is COc1ccccc1CNC(=O)NCC(c1ccco1)N1CCCCC1. The summed E-state index contributed by atoms with van der Waals surface area (Å²) < 4.78 is 10.9. The molecule has 6 heteroatoms. The number of hydrogen-bond donors (Lipinski definition) is 2. The van der Waals surface area contributed by atoms with Gasteiger partial charge in [0.2, 0.25) is 0 Å². The molecule has 6 nitrogen and oxygen atoms in total. The Bertz CT molecular complexity index is 681. The number of carbonyl (C=O) groups excluding carboxylic acids is 1. The largest absolute Gasteiger partial charge is 0.496 e. The number of carbonyl (C=O) groups is 1. The molecule has 3 rings (SSSR count). The van der Waals surface area contributed by atoms with E-state index < -0.39 is 0 Å². The third kappa shape index (κ3) is 4.79. The van der Waals surface area contributed by atoms with Gasteiger partial charge in [0, 0.05) is 18.7 Å². The average molecular weight is 357 g/mol. The fourth-order valence-electron chi connectivity index (χ4n) is 3.40. The highest BCUT2D eigenvalue weighted by Crippen LogP contribution is 2.24. The maximum absolute atomic E-state index is 12.3. The smallest absolute Gasteiger partial charge is 0.315 e. The molecule has 1 atom stereocenters. The van der Waals surface area contributed by atoms with Gasteiger partial charge in [0.05, 0.1) is 19.4 Å². The van der Waals surface area contributed by atoms with Crippen LogP contribution in [-0.2, 0) is 6.54 Å². The monoisotopic (exact) mass is 357 g/mol. The number of amides is 2. The third-order valence-corrected chi connectivity index (χ3v) is 4.79. The Morgan fingerprint density at radius 3 is 2.69 bits per heavy atom. The van der Waals surface area contributed by atoms with E-state index in [1.54, 1.807) is 13.4 Å². The lowest BCUT2D eigenvalue weighted by Crippen LogP contribution is -2.43. The predicted molar refractivity (Wildman–Crippen MR) is 100 cm³/mol. The summed E-state index contributed by atoms with van der Waals surface area (Å²) in [6.07, 6.45) is 5.34. The maximum atomic E-state index is 12.3. The van der Waals surface area contributed by atoms with Crippen LogP contribution in [0.5, 0.6) is 5.75 Å². The van der Waals surface area contributed by atoms with E-state index in [9.17, 15) is 4.79 Å². The van der Waals surface area contributed by atoms with E-state index in [1.165, 1.54) is 19.3 Å². The van der Waals surface area contributed by atoms with E-state index in [4.69, 9.17) is 9.15 Å². The van der Waals surface area contributed by atoms with Crippen molar-refractivity contribution in [1.82, 2.24) is 15.5 Å². The fraction of sp³-hybridized carbons (Fsp3) is 0.450. The van der Waals surface area contributed by atoms with Crippen molar-refractivity contribution in [2.45, 2.75) is 31.8 Å². The summed E-state index contributed by atoms with van der Waals surface area (Å²) in [6.45, 7) is 3.02. The minimum atomic E-state index is -0.190. The maximum Gasteiger partial charge on any atom is 0.315 e. The summed E-state index contributed by atoms with van der Waals surface area (Å²) in [5.41, 5.74) is 0.948. The summed E-state index contributed by atoms with van der Waals surface area (Å²) >= 11 is 0. The highest BCUT2D eigenvalue weighted by Gasteiger charge is 2.24. The number of urea groups is 1. The summed E-state index contributed by atoms with van der Waals surface area (Å²) in [5.74, 6) is 1.67. The summed E-state index contributed by atoms with van der Waals surface area (Å²) in [6, 6.07) is 11.4. The molecule has 26 heavy (non-hydrogen) atoms. The number of para-hydroxylation sites is 1. The number of benzene rings is 1. The number of rotatable bonds is 7. The minimum absolute atomic E-state index is 0.0716. The highest BCUT2D eigenvalue weighted by molar-refractivity contribution is 5.74. The molecule has 2 N–H and O–H groups in total. The van der Waals surface area contributed by atoms with E-state index in [0.29, 0.717) is 13.1 Å². The van der Waals surface area contributed by atoms with Gasteiger partial charge in [-0.3, -0.25) is 4.90 Å². The average Bonchev–Trinajstić information content (AvgIpc) is 3.22. The van der Waals surface area contributed by atoms with Crippen molar-refractivity contribution in [2.24, 2.45) is 0 Å². The van der Waals surface area contributed by atoms with E-state index in [-0.39, 0.29) is 12.1 Å². The van der Waals surface area contributed by atoms with E-state index >= 15 is 0 Å². The van der Waals surface area contributed by atoms with Gasteiger partial charge < -0.3 is 19.8 Å². The number of nitrogens with zero attached hydrogens (tertiary/aromatic N) is 1. The van der Waals surface area contributed by atoms with Crippen LogP contribution in [0.3, 0.4) is 0 Å². The van der Waals surface area contributed by atoms with E-state index in [2.05, 4.69) is 15.5 Å². The number of methoxy groups -OCH3 is 1. The lowest BCUT2D eigenvalue weighted by molar-refractivity contribution is 0.143. The molecule has 1 saturated heterocycles. The first-order valence-electron chi connectivity index (χ1n) is 9.19. The van der Waals surface area contributed by atoms with Gasteiger partial charge in [0.25, 0.3) is 0 Å². The molecule has 1 aromatic heterocycles. The number of furan rings is 1. The van der Waals surface area contributed by atoms with Crippen molar-refractivity contribution in [3.8, 4) is 5.75 Å². The number of likely N-dealkylation sites (tertiary alicyclic amines) is 1. The van der Waals surface area contributed by atoms with Crippen molar-refractivity contribution < 1.29 is 13.9 Å². The summed E-state index contributed by atoms with van der Waals surface area (Å²) in [7, 11) is 1.63. The first-order chi connectivity index (χ1) is 12.8. The van der Waals surface area contributed by atoms with Gasteiger partial charge in [0.15, 0.2) is 0 Å². The van der Waals surface area contributed by atoms with Gasteiger partial charge in [-0.2, -0.15) is 0 Å². The molecule has 2 amide bonds. The quantitative estimate of drug-likeness (QED) is 0.798. The Labute approximate surface area is 154 Å². The van der Waals surface area contributed by atoms with Gasteiger partial charge >= 0.3 is 6.03 Å². The van der Waals surface area contributed by atoms with E-state index in [1.807, 2.05) is 36.4 Å². The zero-order chi connectivity index (χ0) is 18.2. The zero-order valence-corrected chi connectivity index (χ0v) is 15.2. The molecule has 0 saturated carbocycles. The molecule has 140 valence electrons. The molecule has 0 aliphatic carbocycles. The Morgan fingerprint density at radius 1 is 1.15 bits per heavy atom. The van der Waals surface area contributed by atoms with Crippen molar-refractivity contribution in [3.05, 3.63) is 54.0 Å². The first-order valence-corrected chi connectivity index (χ1v) is 9.19. The molecular formula is C20H27N3O3. The molecule has 2 heterocycles. The molecule has 2 aromatic rings. The van der Waals surface area contributed by atoms with Gasteiger partial charge in [-0.25, -0.2) is 4.79 Å². The molecule has 1 aliphatic rings. The molecule has 1 unspecified atom stereocenters. The van der Waals surface area contributed by atoms with Crippen LogP contribution in [0.1, 0.15) is 36.6 Å². The molecule has 1 aliphatic heterocycles. The summed E-state index contributed by atoms with van der Waals surface area (Å²) in [4.78, 5) is 14.7. The van der Waals surface area contributed by atoms with Gasteiger partial charge in [0.1, 0.15) is 11.5 Å². The fourth-order valence-corrected chi connectivity index (χ4v) is 3.40.